The van der Waals surface area contributed by atoms with Gasteiger partial charge < -0.3 is 15.4 Å². The lowest BCUT2D eigenvalue weighted by molar-refractivity contribution is 0.117. The lowest BCUT2D eigenvalue weighted by Crippen LogP contribution is -2.54. The molecule has 0 spiro atoms. The summed E-state index contributed by atoms with van der Waals surface area (Å²) in [4.78, 5) is 2.23. The maximum atomic E-state index is 6.21. The summed E-state index contributed by atoms with van der Waals surface area (Å²) in [7, 11) is 5.93. The van der Waals surface area contributed by atoms with Crippen LogP contribution >= 0.6 is 0 Å². The predicted octanol–water partition coefficient (Wildman–Crippen LogP) is 1.47. The molecule has 14 heavy (non-hydrogen) atoms. The molecule has 2 atom stereocenters. The van der Waals surface area contributed by atoms with Gasteiger partial charge in [-0.1, -0.05) is 6.92 Å². The standard InChI is InChI=1S/C11H26N2O/c1-6-11(2,13(3)4)10(12)8-7-9-14-5/h10H,6-9,12H2,1-5H3. The Kier molecular flexibility index (Phi) is 6.33. The van der Waals surface area contributed by atoms with Gasteiger partial charge in [-0.05, 0) is 40.3 Å². The van der Waals surface area contributed by atoms with Crippen molar-refractivity contribution in [3.63, 3.8) is 0 Å². The minimum absolute atomic E-state index is 0.105. The van der Waals surface area contributed by atoms with Crippen molar-refractivity contribution in [3.05, 3.63) is 0 Å². The quantitative estimate of drug-likeness (QED) is 0.635. The Morgan fingerprint density at radius 3 is 2.36 bits per heavy atom. The van der Waals surface area contributed by atoms with E-state index in [4.69, 9.17) is 10.5 Å². The number of likely N-dealkylation sites (N-methyl/N-ethyl adjacent to an activating group) is 1. The van der Waals surface area contributed by atoms with Crippen molar-refractivity contribution in [1.29, 1.82) is 0 Å². The molecular formula is C11H26N2O. The topological polar surface area (TPSA) is 38.5 Å². The zero-order chi connectivity index (χ0) is 11.2. The second-order valence-electron chi connectivity index (χ2n) is 4.35. The van der Waals surface area contributed by atoms with Crippen LogP contribution < -0.4 is 5.73 Å². The largest absolute Gasteiger partial charge is 0.385 e. The Morgan fingerprint density at radius 2 is 2.00 bits per heavy atom. The molecule has 2 unspecified atom stereocenters. The number of methoxy groups -OCH3 is 1. The molecule has 0 heterocycles. The van der Waals surface area contributed by atoms with Gasteiger partial charge in [0.15, 0.2) is 0 Å². The minimum Gasteiger partial charge on any atom is -0.385 e. The molecule has 0 rings (SSSR count). The summed E-state index contributed by atoms with van der Waals surface area (Å²) < 4.78 is 5.03. The van der Waals surface area contributed by atoms with Crippen LogP contribution in [0.5, 0.6) is 0 Å². The molecule has 0 aliphatic carbocycles. The fourth-order valence-electron chi connectivity index (χ4n) is 1.67. The molecule has 3 nitrogen and oxygen atoms in total. The Hall–Kier alpha value is -0.120. The third-order valence-corrected chi connectivity index (χ3v) is 3.40. The molecule has 0 aliphatic rings. The normalized spacial score (nSPS) is 18.2. The summed E-state index contributed by atoms with van der Waals surface area (Å²) in [5, 5.41) is 0. The van der Waals surface area contributed by atoms with Crippen molar-refractivity contribution >= 4 is 0 Å². The summed E-state index contributed by atoms with van der Waals surface area (Å²) in [6.07, 6.45) is 3.14. The first-order chi connectivity index (χ1) is 6.49. The average molecular weight is 202 g/mol. The number of nitrogens with two attached hydrogens (primary N) is 1. The summed E-state index contributed by atoms with van der Waals surface area (Å²) in [6, 6.07) is 0.220. The van der Waals surface area contributed by atoms with E-state index in [0.29, 0.717) is 0 Å². The fraction of sp³-hybridized carbons (Fsp3) is 1.00. The van der Waals surface area contributed by atoms with Crippen LogP contribution in [0, 0.1) is 0 Å². The molecule has 0 radical (unpaired) electrons. The van der Waals surface area contributed by atoms with Crippen LogP contribution in [0.3, 0.4) is 0 Å². The molecule has 0 saturated carbocycles. The van der Waals surface area contributed by atoms with Crippen LogP contribution in [0.15, 0.2) is 0 Å². The van der Waals surface area contributed by atoms with E-state index in [1.165, 1.54) is 0 Å². The third kappa shape index (κ3) is 3.56. The number of nitrogens with zero attached hydrogens (tertiary/aromatic N) is 1. The number of rotatable bonds is 7. The van der Waals surface area contributed by atoms with Gasteiger partial charge in [0.2, 0.25) is 0 Å². The number of hydrogen-bond acceptors (Lipinski definition) is 3. The van der Waals surface area contributed by atoms with Gasteiger partial charge >= 0.3 is 0 Å². The van der Waals surface area contributed by atoms with Crippen LogP contribution in [-0.4, -0.2) is 44.3 Å². The SMILES string of the molecule is CCC(C)(C(N)CCCOC)N(C)C. The molecular weight excluding hydrogens is 176 g/mol. The highest BCUT2D eigenvalue weighted by Gasteiger charge is 2.31. The highest BCUT2D eigenvalue weighted by molar-refractivity contribution is 4.91. The zero-order valence-electron chi connectivity index (χ0n) is 10.3. The maximum absolute atomic E-state index is 6.21. The molecule has 0 bridgehead atoms. The van der Waals surface area contributed by atoms with Gasteiger partial charge in [0.05, 0.1) is 0 Å². The van der Waals surface area contributed by atoms with E-state index in [-0.39, 0.29) is 11.6 Å². The zero-order valence-corrected chi connectivity index (χ0v) is 10.3. The molecule has 86 valence electrons. The maximum Gasteiger partial charge on any atom is 0.0462 e. The van der Waals surface area contributed by atoms with Crippen LogP contribution in [0.1, 0.15) is 33.1 Å². The smallest absolute Gasteiger partial charge is 0.0462 e. The fourth-order valence-corrected chi connectivity index (χ4v) is 1.67. The van der Waals surface area contributed by atoms with Crippen molar-refractivity contribution in [2.45, 2.75) is 44.7 Å². The van der Waals surface area contributed by atoms with Gasteiger partial charge in [-0.3, -0.25) is 0 Å². The minimum atomic E-state index is 0.105. The molecule has 0 aromatic rings. The van der Waals surface area contributed by atoms with Crippen LogP contribution in [0.4, 0.5) is 0 Å². The van der Waals surface area contributed by atoms with Crippen LogP contribution in [-0.2, 0) is 4.74 Å². The first-order valence-electron chi connectivity index (χ1n) is 5.41. The molecule has 0 saturated heterocycles. The Labute approximate surface area is 88.6 Å². The first kappa shape index (κ1) is 13.9. The Bertz CT molecular complexity index is 150. The summed E-state index contributed by atoms with van der Waals surface area (Å²) >= 11 is 0. The Balaban J connectivity index is 4.10. The molecule has 0 amide bonds. The molecule has 2 N–H and O–H groups in total. The summed E-state index contributed by atoms with van der Waals surface area (Å²) in [6.45, 7) is 5.22. The Morgan fingerprint density at radius 1 is 1.43 bits per heavy atom. The first-order valence-corrected chi connectivity index (χ1v) is 5.41. The van der Waals surface area contributed by atoms with Gasteiger partial charge in [-0.2, -0.15) is 0 Å². The van der Waals surface area contributed by atoms with Crippen molar-refractivity contribution in [1.82, 2.24) is 4.90 Å². The van der Waals surface area contributed by atoms with Crippen molar-refractivity contribution in [3.8, 4) is 0 Å². The number of ether oxygens (including phenoxy) is 1. The van der Waals surface area contributed by atoms with Gasteiger partial charge in [-0.15, -0.1) is 0 Å². The van der Waals surface area contributed by atoms with Crippen molar-refractivity contribution < 1.29 is 4.74 Å². The van der Waals surface area contributed by atoms with Gasteiger partial charge in [-0.25, -0.2) is 0 Å². The molecule has 3 heteroatoms. The van der Waals surface area contributed by atoms with E-state index in [1.54, 1.807) is 7.11 Å². The summed E-state index contributed by atoms with van der Waals surface area (Å²) in [5.41, 5.74) is 6.31. The van der Waals surface area contributed by atoms with Gasteiger partial charge in [0.25, 0.3) is 0 Å². The third-order valence-electron chi connectivity index (χ3n) is 3.40. The highest BCUT2D eigenvalue weighted by atomic mass is 16.5. The van der Waals surface area contributed by atoms with E-state index < -0.39 is 0 Å². The highest BCUT2D eigenvalue weighted by Crippen LogP contribution is 2.22. The number of hydrogen-bond donors (Lipinski definition) is 1. The van der Waals surface area contributed by atoms with E-state index in [1.807, 2.05) is 0 Å². The average Bonchev–Trinajstić information content (AvgIpc) is 2.16. The monoisotopic (exact) mass is 202 g/mol. The van der Waals surface area contributed by atoms with E-state index >= 15 is 0 Å². The van der Waals surface area contributed by atoms with Crippen LogP contribution in [0.25, 0.3) is 0 Å². The molecule has 0 aliphatic heterocycles. The van der Waals surface area contributed by atoms with Crippen LogP contribution in [0.2, 0.25) is 0 Å². The molecule has 0 aromatic heterocycles. The second kappa shape index (κ2) is 6.38. The predicted molar refractivity (Wildman–Crippen MR) is 61.5 cm³/mol. The van der Waals surface area contributed by atoms with Crippen molar-refractivity contribution in [2.24, 2.45) is 5.73 Å². The van der Waals surface area contributed by atoms with E-state index in [0.717, 1.165) is 25.9 Å². The van der Waals surface area contributed by atoms with Gasteiger partial charge in [0, 0.05) is 25.3 Å². The van der Waals surface area contributed by atoms with Crippen molar-refractivity contribution in [2.75, 3.05) is 27.8 Å². The molecule has 0 fully saturated rings. The van der Waals surface area contributed by atoms with Gasteiger partial charge in [0.1, 0.15) is 0 Å². The molecule has 0 aromatic carbocycles. The second-order valence-corrected chi connectivity index (χ2v) is 4.35. The van der Waals surface area contributed by atoms with E-state index in [2.05, 4.69) is 32.8 Å². The summed E-state index contributed by atoms with van der Waals surface area (Å²) in [5.74, 6) is 0. The van der Waals surface area contributed by atoms with E-state index in [9.17, 15) is 0 Å². The lowest BCUT2D eigenvalue weighted by atomic mass is 9.86. The lowest BCUT2D eigenvalue weighted by Gasteiger charge is -2.41.